The molecule has 0 saturated heterocycles. The van der Waals surface area contributed by atoms with Crippen molar-refractivity contribution >= 4 is 23.2 Å². The second-order valence-corrected chi connectivity index (χ2v) is 6.17. The van der Waals surface area contributed by atoms with Crippen LogP contribution in [0.25, 0.3) is 0 Å². The summed E-state index contributed by atoms with van der Waals surface area (Å²) in [5.41, 5.74) is 0.573. The number of nitrogens with one attached hydrogen (secondary N) is 1. The number of ether oxygens (including phenoxy) is 1. The van der Waals surface area contributed by atoms with Gasteiger partial charge in [-0.05, 0) is 37.3 Å². The Morgan fingerprint density at radius 2 is 2.36 bits per heavy atom. The standard InChI is InChI=1S/C17H24N2O2S/c1-3-7-15(20)21-14-9-4-5-10-17(14,16(22)18-2)13-8-6-11-19-12-13/h6,8,11-12,14H,3-5,7,9-10H2,1-2H3,(H,18,22)/t14-,17+/m1/s1. The van der Waals surface area contributed by atoms with E-state index in [1.807, 2.05) is 32.3 Å². The molecule has 120 valence electrons. The molecule has 0 spiro atoms. The van der Waals surface area contributed by atoms with Crippen LogP contribution in [0.1, 0.15) is 51.0 Å². The minimum absolute atomic E-state index is 0.137. The first-order chi connectivity index (χ1) is 10.6. The normalized spacial score (nSPS) is 24.5. The Bertz CT molecular complexity index is 521. The summed E-state index contributed by atoms with van der Waals surface area (Å²) >= 11 is 5.63. The second-order valence-electron chi connectivity index (χ2n) is 5.77. The SMILES string of the molecule is CCCC(=O)O[C@@H]1CCCC[C@]1(C(=S)NC)c1cccnc1. The van der Waals surface area contributed by atoms with Crippen molar-refractivity contribution in [1.29, 1.82) is 0 Å². The fourth-order valence-corrected chi connectivity index (χ4v) is 3.64. The molecule has 1 aliphatic carbocycles. The molecule has 22 heavy (non-hydrogen) atoms. The first kappa shape index (κ1) is 16.9. The van der Waals surface area contributed by atoms with Gasteiger partial charge in [0.1, 0.15) is 6.10 Å². The number of pyridine rings is 1. The van der Waals surface area contributed by atoms with Gasteiger partial charge in [0.2, 0.25) is 0 Å². The Hall–Kier alpha value is -1.49. The van der Waals surface area contributed by atoms with Crippen molar-refractivity contribution in [2.45, 2.75) is 57.0 Å². The van der Waals surface area contributed by atoms with Gasteiger partial charge in [-0.25, -0.2) is 0 Å². The van der Waals surface area contributed by atoms with E-state index in [-0.39, 0.29) is 12.1 Å². The van der Waals surface area contributed by atoms with E-state index in [1.165, 1.54) is 0 Å². The fraction of sp³-hybridized carbons (Fsp3) is 0.588. The maximum atomic E-state index is 12.0. The summed E-state index contributed by atoms with van der Waals surface area (Å²) in [7, 11) is 1.83. The molecular formula is C17H24N2O2S. The zero-order chi connectivity index (χ0) is 16.0. The van der Waals surface area contributed by atoms with Crippen molar-refractivity contribution < 1.29 is 9.53 Å². The van der Waals surface area contributed by atoms with Crippen LogP contribution in [-0.4, -0.2) is 29.1 Å². The number of hydrogen-bond donors (Lipinski definition) is 1. The Kier molecular flexibility index (Phi) is 5.89. The molecular weight excluding hydrogens is 296 g/mol. The highest BCUT2D eigenvalue weighted by atomic mass is 32.1. The van der Waals surface area contributed by atoms with E-state index >= 15 is 0 Å². The number of likely N-dealkylation sites (N-methyl/N-ethyl adjacent to an activating group) is 1. The van der Waals surface area contributed by atoms with Crippen LogP contribution in [0.4, 0.5) is 0 Å². The molecule has 5 heteroatoms. The van der Waals surface area contributed by atoms with Gasteiger partial charge in [0, 0.05) is 25.9 Å². The van der Waals surface area contributed by atoms with E-state index < -0.39 is 5.41 Å². The molecule has 1 fully saturated rings. The summed E-state index contributed by atoms with van der Waals surface area (Å²) in [6.07, 6.45) is 8.46. The highest BCUT2D eigenvalue weighted by Gasteiger charge is 2.48. The number of nitrogens with zero attached hydrogens (tertiary/aromatic N) is 1. The number of esters is 1. The van der Waals surface area contributed by atoms with Gasteiger partial charge in [0.15, 0.2) is 0 Å². The minimum Gasteiger partial charge on any atom is -0.461 e. The average molecular weight is 320 g/mol. The molecule has 0 bridgehead atoms. The molecule has 1 aromatic rings. The van der Waals surface area contributed by atoms with Gasteiger partial charge in [-0.2, -0.15) is 0 Å². The van der Waals surface area contributed by atoms with Crippen molar-refractivity contribution in [2.24, 2.45) is 0 Å². The van der Waals surface area contributed by atoms with Crippen molar-refractivity contribution in [2.75, 3.05) is 7.05 Å². The van der Waals surface area contributed by atoms with Crippen LogP contribution in [0.2, 0.25) is 0 Å². The summed E-state index contributed by atoms with van der Waals surface area (Å²) in [5.74, 6) is -0.137. The van der Waals surface area contributed by atoms with Crippen LogP contribution < -0.4 is 5.32 Å². The Balaban J connectivity index is 2.39. The van der Waals surface area contributed by atoms with Crippen LogP contribution in [0.5, 0.6) is 0 Å². The quantitative estimate of drug-likeness (QED) is 0.667. The zero-order valence-electron chi connectivity index (χ0n) is 13.3. The Morgan fingerprint density at radius 3 is 3.00 bits per heavy atom. The predicted molar refractivity (Wildman–Crippen MR) is 90.8 cm³/mol. The van der Waals surface area contributed by atoms with Gasteiger partial charge >= 0.3 is 5.97 Å². The lowest BCUT2D eigenvalue weighted by molar-refractivity contribution is -0.153. The monoisotopic (exact) mass is 320 g/mol. The molecule has 0 radical (unpaired) electrons. The van der Waals surface area contributed by atoms with Crippen LogP contribution in [0.3, 0.4) is 0 Å². The second kappa shape index (κ2) is 7.68. The maximum Gasteiger partial charge on any atom is 0.306 e. The molecule has 1 aromatic heterocycles. The zero-order valence-corrected chi connectivity index (χ0v) is 14.1. The number of thiocarbonyl (C=S) groups is 1. The van der Waals surface area contributed by atoms with Crippen molar-refractivity contribution in [3.63, 3.8) is 0 Å². The molecule has 0 aliphatic heterocycles. The third-order valence-corrected chi connectivity index (χ3v) is 4.94. The molecule has 1 heterocycles. The maximum absolute atomic E-state index is 12.0. The van der Waals surface area contributed by atoms with E-state index in [4.69, 9.17) is 17.0 Å². The summed E-state index contributed by atoms with van der Waals surface area (Å²) in [4.78, 5) is 17.0. The van der Waals surface area contributed by atoms with Gasteiger partial charge in [-0.15, -0.1) is 0 Å². The van der Waals surface area contributed by atoms with Gasteiger partial charge in [0.05, 0.1) is 10.4 Å². The number of carbonyl (C=O) groups excluding carboxylic acids is 1. The number of rotatable bonds is 5. The van der Waals surface area contributed by atoms with Crippen LogP contribution >= 0.6 is 12.2 Å². The third-order valence-electron chi connectivity index (χ3n) is 4.37. The lowest BCUT2D eigenvalue weighted by Crippen LogP contribution is -2.53. The number of aromatic nitrogens is 1. The number of carbonyl (C=O) groups is 1. The van der Waals surface area contributed by atoms with Crippen molar-refractivity contribution in [1.82, 2.24) is 10.3 Å². The van der Waals surface area contributed by atoms with Gasteiger partial charge in [-0.3, -0.25) is 9.78 Å². The predicted octanol–water partition coefficient (Wildman–Crippen LogP) is 3.15. The summed E-state index contributed by atoms with van der Waals surface area (Å²) in [6.45, 7) is 1.98. The highest BCUT2D eigenvalue weighted by Crippen LogP contribution is 2.42. The Morgan fingerprint density at radius 1 is 1.55 bits per heavy atom. The topological polar surface area (TPSA) is 51.2 Å². The van der Waals surface area contributed by atoms with Gasteiger partial charge in [-0.1, -0.05) is 31.6 Å². The lowest BCUT2D eigenvalue weighted by atomic mass is 9.67. The van der Waals surface area contributed by atoms with Crippen molar-refractivity contribution in [3.8, 4) is 0 Å². The number of hydrogen-bond acceptors (Lipinski definition) is 4. The molecule has 1 aliphatic rings. The molecule has 2 atom stereocenters. The molecule has 1 N–H and O–H groups in total. The summed E-state index contributed by atoms with van der Waals surface area (Å²) < 4.78 is 5.83. The third kappa shape index (κ3) is 3.29. The first-order valence-electron chi connectivity index (χ1n) is 7.97. The smallest absolute Gasteiger partial charge is 0.306 e. The fourth-order valence-electron chi connectivity index (χ4n) is 3.29. The van der Waals surface area contributed by atoms with Crippen molar-refractivity contribution in [3.05, 3.63) is 30.1 Å². The molecule has 2 rings (SSSR count). The van der Waals surface area contributed by atoms with E-state index in [2.05, 4.69) is 10.3 Å². The summed E-state index contributed by atoms with van der Waals surface area (Å²) in [5, 5.41) is 3.12. The Labute approximate surface area is 137 Å². The van der Waals surface area contributed by atoms with E-state index in [0.29, 0.717) is 6.42 Å². The van der Waals surface area contributed by atoms with E-state index in [1.54, 1.807) is 6.20 Å². The molecule has 0 amide bonds. The van der Waals surface area contributed by atoms with Crippen LogP contribution in [0.15, 0.2) is 24.5 Å². The van der Waals surface area contributed by atoms with Gasteiger partial charge < -0.3 is 10.1 Å². The van der Waals surface area contributed by atoms with Crippen LogP contribution in [0, 0.1) is 0 Å². The largest absolute Gasteiger partial charge is 0.461 e. The molecule has 0 unspecified atom stereocenters. The minimum atomic E-state index is -0.458. The molecule has 0 aromatic carbocycles. The van der Waals surface area contributed by atoms with Gasteiger partial charge in [0.25, 0.3) is 0 Å². The highest BCUT2D eigenvalue weighted by molar-refractivity contribution is 7.80. The summed E-state index contributed by atoms with van der Waals surface area (Å²) in [6, 6.07) is 3.94. The molecule has 1 saturated carbocycles. The van der Waals surface area contributed by atoms with E-state index in [9.17, 15) is 4.79 Å². The average Bonchev–Trinajstić information content (AvgIpc) is 2.55. The molecule has 4 nitrogen and oxygen atoms in total. The van der Waals surface area contributed by atoms with E-state index in [0.717, 1.165) is 42.7 Å². The van der Waals surface area contributed by atoms with Crippen LogP contribution in [-0.2, 0) is 14.9 Å². The first-order valence-corrected chi connectivity index (χ1v) is 8.38. The lowest BCUT2D eigenvalue weighted by Gasteiger charge is -2.43.